The van der Waals surface area contributed by atoms with E-state index in [4.69, 9.17) is 4.42 Å². The van der Waals surface area contributed by atoms with Crippen molar-refractivity contribution in [2.24, 2.45) is 0 Å². The Morgan fingerprint density at radius 2 is 2.18 bits per heavy atom. The molecule has 0 spiro atoms. The van der Waals surface area contributed by atoms with Gasteiger partial charge in [0, 0.05) is 19.0 Å². The van der Waals surface area contributed by atoms with E-state index in [0.29, 0.717) is 17.8 Å². The SMILES string of the molecule is CC(C)NCCc1nnc(Cc2ccsc2)o1. The smallest absolute Gasteiger partial charge is 0.220 e. The maximum Gasteiger partial charge on any atom is 0.220 e. The molecule has 0 aliphatic heterocycles. The van der Waals surface area contributed by atoms with Gasteiger partial charge in [0.05, 0.1) is 6.42 Å². The summed E-state index contributed by atoms with van der Waals surface area (Å²) in [7, 11) is 0. The zero-order valence-electron chi connectivity index (χ0n) is 10.1. The van der Waals surface area contributed by atoms with Crippen molar-refractivity contribution in [3.05, 3.63) is 34.2 Å². The van der Waals surface area contributed by atoms with E-state index in [9.17, 15) is 0 Å². The molecule has 2 aromatic rings. The van der Waals surface area contributed by atoms with Gasteiger partial charge in [0.2, 0.25) is 11.8 Å². The second kappa shape index (κ2) is 5.93. The fraction of sp³-hybridized carbons (Fsp3) is 0.500. The first-order valence-electron chi connectivity index (χ1n) is 5.80. The van der Waals surface area contributed by atoms with Crippen molar-refractivity contribution in [3.8, 4) is 0 Å². The van der Waals surface area contributed by atoms with Gasteiger partial charge in [-0.05, 0) is 22.4 Å². The number of hydrogen-bond acceptors (Lipinski definition) is 5. The Labute approximate surface area is 105 Å². The van der Waals surface area contributed by atoms with Crippen LogP contribution in [-0.4, -0.2) is 22.8 Å². The Morgan fingerprint density at radius 1 is 1.35 bits per heavy atom. The molecule has 0 unspecified atom stereocenters. The molecule has 0 atom stereocenters. The van der Waals surface area contributed by atoms with Crippen molar-refractivity contribution in [2.75, 3.05) is 6.54 Å². The Kier molecular flexibility index (Phi) is 4.28. The molecule has 0 bridgehead atoms. The third kappa shape index (κ3) is 3.94. The van der Waals surface area contributed by atoms with Crippen LogP contribution >= 0.6 is 11.3 Å². The standard InChI is InChI=1S/C12H17N3OS/c1-9(2)13-5-3-11-14-15-12(16-11)7-10-4-6-17-8-10/h4,6,8-9,13H,3,5,7H2,1-2H3. The first-order valence-corrected chi connectivity index (χ1v) is 6.74. The second-order valence-electron chi connectivity index (χ2n) is 4.26. The van der Waals surface area contributed by atoms with Crippen LogP contribution < -0.4 is 5.32 Å². The molecule has 2 rings (SSSR count). The van der Waals surface area contributed by atoms with Crippen LogP contribution in [0, 0.1) is 0 Å². The van der Waals surface area contributed by atoms with Crippen LogP contribution in [0.4, 0.5) is 0 Å². The Morgan fingerprint density at radius 3 is 2.88 bits per heavy atom. The minimum absolute atomic E-state index is 0.489. The lowest BCUT2D eigenvalue weighted by Crippen LogP contribution is -2.25. The maximum atomic E-state index is 5.58. The van der Waals surface area contributed by atoms with Gasteiger partial charge >= 0.3 is 0 Å². The summed E-state index contributed by atoms with van der Waals surface area (Å²) in [6, 6.07) is 2.57. The minimum atomic E-state index is 0.489. The molecule has 0 radical (unpaired) electrons. The molecule has 0 fully saturated rings. The maximum absolute atomic E-state index is 5.58. The van der Waals surface area contributed by atoms with Gasteiger partial charge in [-0.1, -0.05) is 13.8 Å². The van der Waals surface area contributed by atoms with Gasteiger partial charge in [-0.3, -0.25) is 0 Å². The Bertz CT molecular complexity index is 436. The van der Waals surface area contributed by atoms with Crippen LogP contribution in [0.5, 0.6) is 0 Å². The van der Waals surface area contributed by atoms with Gasteiger partial charge < -0.3 is 9.73 Å². The van der Waals surface area contributed by atoms with E-state index in [1.54, 1.807) is 11.3 Å². The van der Waals surface area contributed by atoms with E-state index in [1.807, 2.05) is 0 Å². The van der Waals surface area contributed by atoms with Crippen molar-refractivity contribution in [2.45, 2.75) is 32.7 Å². The number of nitrogens with one attached hydrogen (secondary N) is 1. The molecule has 0 saturated heterocycles. The van der Waals surface area contributed by atoms with Crippen LogP contribution in [0.1, 0.15) is 31.2 Å². The highest BCUT2D eigenvalue weighted by molar-refractivity contribution is 7.07. The van der Waals surface area contributed by atoms with E-state index < -0.39 is 0 Å². The normalized spacial score (nSPS) is 11.2. The molecule has 0 amide bonds. The largest absolute Gasteiger partial charge is 0.425 e. The quantitative estimate of drug-likeness (QED) is 0.855. The summed E-state index contributed by atoms with van der Waals surface area (Å²) in [5.74, 6) is 1.41. The third-order valence-electron chi connectivity index (χ3n) is 2.34. The highest BCUT2D eigenvalue weighted by Crippen LogP contribution is 2.11. The Balaban J connectivity index is 1.83. The minimum Gasteiger partial charge on any atom is -0.425 e. The molecular formula is C12H17N3OS. The molecule has 0 aliphatic carbocycles. The summed E-state index contributed by atoms with van der Waals surface area (Å²) >= 11 is 1.68. The zero-order chi connectivity index (χ0) is 12.1. The summed E-state index contributed by atoms with van der Waals surface area (Å²) in [5.41, 5.74) is 1.23. The molecule has 5 heteroatoms. The van der Waals surface area contributed by atoms with Crippen LogP contribution in [0.2, 0.25) is 0 Å². The average Bonchev–Trinajstić information content (AvgIpc) is 2.90. The molecule has 0 aromatic carbocycles. The first-order chi connectivity index (χ1) is 8.24. The summed E-state index contributed by atoms with van der Waals surface area (Å²) in [6.45, 7) is 5.11. The number of hydrogen-bond donors (Lipinski definition) is 1. The zero-order valence-corrected chi connectivity index (χ0v) is 11.0. The molecule has 2 aromatic heterocycles. The number of thiophene rings is 1. The third-order valence-corrected chi connectivity index (χ3v) is 3.07. The van der Waals surface area contributed by atoms with Crippen LogP contribution in [-0.2, 0) is 12.8 Å². The molecule has 0 saturated carbocycles. The van der Waals surface area contributed by atoms with E-state index in [1.165, 1.54) is 5.56 Å². The fourth-order valence-corrected chi connectivity index (χ4v) is 2.17. The Hall–Kier alpha value is -1.20. The second-order valence-corrected chi connectivity index (χ2v) is 5.04. The monoisotopic (exact) mass is 251 g/mol. The fourth-order valence-electron chi connectivity index (χ4n) is 1.50. The van der Waals surface area contributed by atoms with Crippen molar-refractivity contribution in [3.63, 3.8) is 0 Å². The van der Waals surface area contributed by atoms with Crippen LogP contribution in [0.25, 0.3) is 0 Å². The lowest BCUT2D eigenvalue weighted by atomic mass is 10.2. The number of rotatable bonds is 6. The van der Waals surface area contributed by atoms with Gasteiger partial charge in [0.15, 0.2) is 0 Å². The van der Waals surface area contributed by atoms with Crippen molar-refractivity contribution in [1.29, 1.82) is 0 Å². The average molecular weight is 251 g/mol. The van der Waals surface area contributed by atoms with Crippen molar-refractivity contribution >= 4 is 11.3 Å². The molecule has 2 heterocycles. The van der Waals surface area contributed by atoms with Gasteiger partial charge in [0.25, 0.3) is 0 Å². The van der Waals surface area contributed by atoms with E-state index in [2.05, 4.69) is 46.2 Å². The number of nitrogens with zero attached hydrogens (tertiary/aromatic N) is 2. The lowest BCUT2D eigenvalue weighted by molar-refractivity contribution is 0.446. The van der Waals surface area contributed by atoms with Gasteiger partial charge in [-0.15, -0.1) is 10.2 Å². The van der Waals surface area contributed by atoms with E-state index >= 15 is 0 Å². The predicted molar refractivity (Wildman–Crippen MR) is 68.3 cm³/mol. The highest BCUT2D eigenvalue weighted by Gasteiger charge is 2.07. The highest BCUT2D eigenvalue weighted by atomic mass is 32.1. The van der Waals surface area contributed by atoms with Crippen LogP contribution in [0.3, 0.4) is 0 Å². The van der Waals surface area contributed by atoms with E-state index in [0.717, 1.165) is 19.4 Å². The van der Waals surface area contributed by atoms with E-state index in [-0.39, 0.29) is 0 Å². The molecular weight excluding hydrogens is 234 g/mol. The van der Waals surface area contributed by atoms with Crippen molar-refractivity contribution < 1.29 is 4.42 Å². The molecule has 4 nitrogen and oxygen atoms in total. The summed E-state index contributed by atoms with van der Waals surface area (Å²) in [6.07, 6.45) is 1.52. The molecule has 17 heavy (non-hydrogen) atoms. The molecule has 1 N–H and O–H groups in total. The van der Waals surface area contributed by atoms with Gasteiger partial charge in [0.1, 0.15) is 0 Å². The molecule has 0 aliphatic rings. The topological polar surface area (TPSA) is 51.0 Å². The summed E-state index contributed by atoms with van der Waals surface area (Å²) in [4.78, 5) is 0. The first kappa shape index (κ1) is 12.3. The van der Waals surface area contributed by atoms with Gasteiger partial charge in [-0.25, -0.2) is 0 Å². The predicted octanol–water partition coefficient (Wildman–Crippen LogP) is 2.26. The lowest BCUT2D eigenvalue weighted by Gasteiger charge is -2.04. The number of aromatic nitrogens is 2. The molecule has 92 valence electrons. The van der Waals surface area contributed by atoms with Crippen molar-refractivity contribution in [1.82, 2.24) is 15.5 Å². The summed E-state index contributed by atoms with van der Waals surface area (Å²) in [5, 5.41) is 15.6. The van der Waals surface area contributed by atoms with Gasteiger partial charge in [-0.2, -0.15) is 11.3 Å². The van der Waals surface area contributed by atoms with Crippen LogP contribution in [0.15, 0.2) is 21.2 Å². The summed E-state index contributed by atoms with van der Waals surface area (Å²) < 4.78 is 5.58.